The molecule has 5 nitrogen and oxygen atoms in total. The summed E-state index contributed by atoms with van der Waals surface area (Å²) in [5.41, 5.74) is 13.1. The zero-order valence-corrected chi connectivity index (χ0v) is 29.6. The number of nitrogens with one attached hydrogen (secondary N) is 4. The van der Waals surface area contributed by atoms with Gasteiger partial charge in [-0.05, 0) is 70.8 Å². The lowest BCUT2D eigenvalue weighted by molar-refractivity contribution is -0.671. The van der Waals surface area contributed by atoms with Crippen molar-refractivity contribution < 1.29 is 28.5 Å². The molecule has 3 aromatic carbocycles. The van der Waals surface area contributed by atoms with Crippen LogP contribution in [0.25, 0.3) is 22.3 Å². The van der Waals surface area contributed by atoms with E-state index in [-0.39, 0.29) is 24.0 Å². The topological polar surface area (TPSA) is 67.0 Å². The molecule has 4 N–H and O–H groups in total. The van der Waals surface area contributed by atoms with E-state index in [2.05, 4.69) is 189 Å². The molecule has 0 amide bonds. The molecule has 0 radical (unpaired) electrons. The molecule has 1 aliphatic heterocycles. The summed E-state index contributed by atoms with van der Waals surface area (Å²) >= 11 is 0. The second-order valence-corrected chi connectivity index (χ2v) is 12.5. The standard InChI is InChI=1S/C44H33N5.HI/c1-49-27-25-32(26-28-49)44-39-23-21-37(47-39)42(30-13-7-3-8-14-30)35-19-17-33(45-35)41(29-11-5-2-6-12-29)34-18-20-36(46-34)43(31-15-9-4-10-16-31)38-22-24-40(44)48-38;/h2-28H,1H3,(H3,45,46,47,48);1H. The van der Waals surface area contributed by atoms with Crippen molar-refractivity contribution in [2.75, 3.05) is 0 Å². The summed E-state index contributed by atoms with van der Waals surface area (Å²) < 4.78 is 2.06. The molecule has 50 heavy (non-hydrogen) atoms. The minimum atomic E-state index is 0. The maximum atomic E-state index is 3.85. The van der Waals surface area contributed by atoms with Crippen molar-refractivity contribution in [3.8, 4) is 0 Å². The number of hydrogen-bond acceptors (Lipinski definition) is 0. The normalized spacial score (nSPS) is 12.6. The first-order valence-electron chi connectivity index (χ1n) is 16.6. The van der Waals surface area contributed by atoms with E-state index in [1.165, 1.54) is 0 Å². The number of benzene rings is 3. The summed E-state index contributed by atoms with van der Waals surface area (Å²) in [7, 11) is 2.05. The fourth-order valence-electron chi connectivity index (χ4n) is 7.05. The molecule has 9 rings (SSSR count). The molecule has 8 bridgehead atoms. The Morgan fingerprint density at radius 3 is 0.900 bits per heavy atom. The van der Waals surface area contributed by atoms with Crippen LogP contribution in [-0.4, -0.2) is 19.9 Å². The quantitative estimate of drug-likeness (QED) is 0.157. The van der Waals surface area contributed by atoms with Gasteiger partial charge in [-0.15, -0.1) is 0 Å². The lowest BCUT2D eigenvalue weighted by Crippen LogP contribution is -3.00. The molecule has 242 valence electrons. The number of fused-ring (bicyclic) bond motifs is 8. The Balaban J connectivity index is 0.00000361. The molecule has 0 fully saturated rings. The van der Waals surface area contributed by atoms with E-state index in [0.717, 1.165) is 88.7 Å². The fourth-order valence-corrected chi connectivity index (χ4v) is 7.05. The summed E-state index contributed by atoms with van der Waals surface area (Å²) in [4.78, 5) is 15.4. The van der Waals surface area contributed by atoms with Crippen LogP contribution in [0.15, 0.2) is 164 Å². The fraction of sp³-hybridized carbons (Fsp3) is 0.0227. The maximum Gasteiger partial charge on any atom is 0.169 e. The highest BCUT2D eigenvalue weighted by Crippen LogP contribution is 2.27. The van der Waals surface area contributed by atoms with E-state index in [9.17, 15) is 0 Å². The van der Waals surface area contributed by atoms with E-state index in [4.69, 9.17) is 0 Å². The van der Waals surface area contributed by atoms with Crippen molar-refractivity contribution in [3.63, 3.8) is 0 Å². The van der Waals surface area contributed by atoms with Crippen molar-refractivity contribution in [2.45, 2.75) is 0 Å². The molecular formula is C44H34IN5. The molecule has 5 aromatic heterocycles. The highest BCUT2D eigenvalue weighted by molar-refractivity contribution is 5.84. The highest BCUT2D eigenvalue weighted by atomic mass is 127. The number of rotatable bonds is 4. The lowest BCUT2D eigenvalue weighted by atomic mass is 10.0. The van der Waals surface area contributed by atoms with Crippen molar-refractivity contribution in [1.29, 1.82) is 0 Å². The Hall–Kier alpha value is -5.86. The van der Waals surface area contributed by atoms with E-state index < -0.39 is 0 Å². The van der Waals surface area contributed by atoms with Gasteiger partial charge in [0.2, 0.25) is 0 Å². The van der Waals surface area contributed by atoms with Gasteiger partial charge in [-0.1, -0.05) is 91.0 Å². The molecule has 0 spiro atoms. The predicted octanol–water partition coefficient (Wildman–Crippen LogP) is 2.13. The van der Waals surface area contributed by atoms with Crippen LogP contribution in [0.5, 0.6) is 0 Å². The monoisotopic (exact) mass is 759 g/mol. The highest BCUT2D eigenvalue weighted by Gasteiger charge is 2.18. The molecule has 6 heterocycles. The number of aromatic nitrogens is 5. The largest absolute Gasteiger partial charge is 1.00 e. The van der Waals surface area contributed by atoms with Gasteiger partial charge < -0.3 is 43.9 Å². The number of hydrogen-bond donors (Lipinski definition) is 4. The first-order chi connectivity index (χ1) is 24.2. The van der Waals surface area contributed by atoms with Crippen molar-refractivity contribution in [3.05, 3.63) is 230 Å². The number of halogens is 1. The van der Waals surface area contributed by atoms with Crippen LogP contribution in [0.3, 0.4) is 0 Å². The van der Waals surface area contributed by atoms with Crippen LogP contribution in [-0.2, 0) is 7.05 Å². The SMILES string of the molecule is C[n+]1ccc(C2=c3ccc([nH]3)=C(c3ccccc3)c3ccc([nH]3)C(c3ccccc3)=c3ccc([nH]3)=C(c3ccccc3)c3ccc2[nH]3)cc1.[I-]. The van der Waals surface area contributed by atoms with Gasteiger partial charge in [0.05, 0.1) is 0 Å². The maximum absolute atomic E-state index is 3.85. The smallest absolute Gasteiger partial charge is 0.169 e. The molecule has 6 heteroatoms. The molecule has 0 saturated carbocycles. The third kappa shape index (κ3) is 5.67. The molecule has 0 unspecified atom stereocenters. The van der Waals surface area contributed by atoms with Crippen LogP contribution in [0.1, 0.15) is 45.0 Å². The predicted molar refractivity (Wildman–Crippen MR) is 195 cm³/mol. The van der Waals surface area contributed by atoms with Gasteiger partial charge >= 0.3 is 0 Å². The third-order valence-corrected chi connectivity index (χ3v) is 9.35. The van der Waals surface area contributed by atoms with Gasteiger partial charge in [-0.25, -0.2) is 4.57 Å². The van der Waals surface area contributed by atoms with E-state index in [1.807, 2.05) is 7.05 Å². The van der Waals surface area contributed by atoms with E-state index in [1.54, 1.807) is 0 Å². The van der Waals surface area contributed by atoms with E-state index in [0.29, 0.717) is 0 Å². The number of pyridine rings is 1. The number of aromatic amines is 4. The van der Waals surface area contributed by atoms with Crippen LogP contribution >= 0.6 is 0 Å². The first kappa shape index (κ1) is 31.4. The molecule has 8 aromatic rings. The van der Waals surface area contributed by atoms with Gasteiger partial charge in [-0.3, -0.25) is 0 Å². The third-order valence-electron chi connectivity index (χ3n) is 9.35. The van der Waals surface area contributed by atoms with Gasteiger partial charge in [0.15, 0.2) is 12.4 Å². The first-order valence-corrected chi connectivity index (χ1v) is 16.6. The summed E-state index contributed by atoms with van der Waals surface area (Å²) in [6.07, 6.45) is 4.19. The summed E-state index contributed by atoms with van der Waals surface area (Å²) in [5, 5.41) is 4.14. The Labute approximate surface area is 306 Å². The van der Waals surface area contributed by atoms with Gasteiger partial charge in [-0.2, -0.15) is 0 Å². The molecular weight excluding hydrogens is 725 g/mol. The second-order valence-electron chi connectivity index (χ2n) is 12.5. The van der Waals surface area contributed by atoms with Crippen molar-refractivity contribution >= 4 is 22.3 Å². The van der Waals surface area contributed by atoms with Gasteiger partial charge in [0.25, 0.3) is 0 Å². The second kappa shape index (κ2) is 13.2. The molecule has 0 atom stereocenters. The zero-order valence-electron chi connectivity index (χ0n) is 27.4. The van der Waals surface area contributed by atoms with Crippen LogP contribution in [0.4, 0.5) is 0 Å². The molecule has 1 aliphatic rings. The lowest BCUT2D eigenvalue weighted by Gasteiger charge is -2.09. The van der Waals surface area contributed by atoms with E-state index >= 15 is 0 Å². The van der Waals surface area contributed by atoms with Gasteiger partial charge in [0.1, 0.15) is 7.05 Å². The van der Waals surface area contributed by atoms with Crippen LogP contribution < -0.4 is 49.9 Å². The molecule has 0 aliphatic carbocycles. The average molecular weight is 760 g/mol. The minimum absolute atomic E-state index is 0. The minimum Gasteiger partial charge on any atom is -1.00 e. The number of nitrogens with zero attached hydrogens (tertiary/aromatic N) is 1. The summed E-state index contributed by atoms with van der Waals surface area (Å²) in [6.45, 7) is 0. The summed E-state index contributed by atoms with van der Waals surface area (Å²) in [5.74, 6) is 0. The number of aryl methyl sites for hydroxylation is 1. The Morgan fingerprint density at radius 2 is 0.600 bits per heavy atom. The Bertz CT molecular complexity index is 2690. The van der Waals surface area contributed by atoms with Crippen molar-refractivity contribution in [1.82, 2.24) is 19.9 Å². The number of H-pyrrole nitrogens is 4. The average Bonchev–Trinajstić information content (AvgIpc) is 3.98. The molecule has 0 saturated heterocycles. The Morgan fingerprint density at radius 1 is 0.320 bits per heavy atom. The summed E-state index contributed by atoms with van der Waals surface area (Å²) in [6, 6.07) is 53.8. The Kier molecular flexibility index (Phi) is 8.30. The van der Waals surface area contributed by atoms with Crippen LogP contribution in [0, 0.1) is 0 Å². The van der Waals surface area contributed by atoms with Gasteiger partial charge in [0, 0.05) is 78.6 Å². The van der Waals surface area contributed by atoms with Crippen molar-refractivity contribution in [2.24, 2.45) is 7.05 Å². The van der Waals surface area contributed by atoms with Crippen LogP contribution in [0.2, 0.25) is 0 Å². The zero-order chi connectivity index (χ0) is 32.7.